The minimum atomic E-state index is -0.828. The lowest BCUT2D eigenvalue weighted by Crippen LogP contribution is -2.38. The highest BCUT2D eigenvalue weighted by molar-refractivity contribution is 5.88. The first-order chi connectivity index (χ1) is 26.2. The zero-order chi connectivity index (χ0) is 37.3. The van der Waals surface area contributed by atoms with Gasteiger partial charge < -0.3 is 4.74 Å². The number of benzene rings is 4. The summed E-state index contributed by atoms with van der Waals surface area (Å²) in [5, 5.41) is 5.54. The molecule has 0 radical (unpaired) electrons. The Labute approximate surface area is 315 Å². The van der Waals surface area contributed by atoms with Crippen molar-refractivity contribution >= 4 is 17.4 Å². The van der Waals surface area contributed by atoms with Gasteiger partial charge in [-0.3, -0.25) is 19.0 Å². The zero-order valence-corrected chi connectivity index (χ0v) is 30.7. The molecule has 4 aromatic carbocycles. The molecule has 4 aromatic heterocycles. The lowest BCUT2D eigenvalue weighted by atomic mass is 9.77. The normalized spacial score (nSPS) is 11.8. The molecule has 54 heavy (non-hydrogen) atoms. The second-order valence-corrected chi connectivity index (χ2v) is 14.2. The molecule has 0 unspecified atom stereocenters. The van der Waals surface area contributed by atoms with Crippen molar-refractivity contribution in [3.8, 4) is 33.8 Å². The van der Waals surface area contributed by atoms with E-state index in [1.165, 1.54) is 4.90 Å². The zero-order valence-electron chi connectivity index (χ0n) is 30.7. The van der Waals surface area contributed by atoms with Gasteiger partial charge in [0, 0.05) is 48.0 Å². The Morgan fingerprint density at radius 2 is 1.22 bits per heavy atom. The van der Waals surface area contributed by atoms with Gasteiger partial charge in [-0.15, -0.1) is 0 Å². The summed E-state index contributed by atoms with van der Waals surface area (Å²) in [6.07, 6.45) is 7.49. The van der Waals surface area contributed by atoms with E-state index in [9.17, 15) is 4.79 Å². The Morgan fingerprint density at radius 1 is 0.648 bits per heavy atom. The lowest BCUT2D eigenvalue weighted by molar-refractivity contribution is 0.0589. The van der Waals surface area contributed by atoms with Crippen molar-refractivity contribution in [1.29, 1.82) is 0 Å². The number of nitrogens with zero attached hydrogens (tertiary/aromatic N) is 6. The van der Waals surface area contributed by atoms with Gasteiger partial charge in [-0.1, -0.05) is 109 Å². The molecule has 0 bridgehead atoms. The molecule has 8 nitrogen and oxygen atoms in total. The van der Waals surface area contributed by atoms with Crippen molar-refractivity contribution in [3.05, 3.63) is 187 Å². The fraction of sp³-hybridized carbons (Fsp3) is 0.130. The summed E-state index contributed by atoms with van der Waals surface area (Å²) >= 11 is 0. The molecule has 266 valence electrons. The minimum absolute atomic E-state index is 0.420. The molecule has 0 spiro atoms. The van der Waals surface area contributed by atoms with E-state index >= 15 is 0 Å². The van der Waals surface area contributed by atoms with Gasteiger partial charge in [0.25, 0.3) is 0 Å². The van der Waals surface area contributed by atoms with Crippen LogP contribution in [0.5, 0.6) is 0 Å². The summed E-state index contributed by atoms with van der Waals surface area (Å²) in [5.74, 6) is 0. The van der Waals surface area contributed by atoms with Gasteiger partial charge in [-0.25, -0.2) is 9.78 Å². The standard InChI is InChI=1S/C46H40N6O2/c1-45(2,3)54-44(53)50(4)38-26-23-33(24-27-38)43-39(34-25-28-42-48-30-41(51(42)31-34)40-22-14-15-29-47-40)32-52(49-43)46(35-16-8-5-9-17-35,36-18-10-6-11-19-36)37-20-12-7-13-21-37/h5-32H,1-4H3. The number of carbonyl (C=O) groups excluding carboxylic acids is 1. The third-order valence-electron chi connectivity index (χ3n) is 9.57. The fourth-order valence-corrected chi connectivity index (χ4v) is 7.03. The molecule has 0 N–H and O–H groups in total. The Hall–Kier alpha value is -6.80. The van der Waals surface area contributed by atoms with Crippen molar-refractivity contribution in [2.45, 2.75) is 31.9 Å². The van der Waals surface area contributed by atoms with Crippen molar-refractivity contribution < 1.29 is 9.53 Å². The molecule has 0 aliphatic rings. The van der Waals surface area contributed by atoms with Crippen LogP contribution in [0.25, 0.3) is 39.4 Å². The average Bonchev–Trinajstić information content (AvgIpc) is 3.84. The number of anilines is 1. The Kier molecular flexibility index (Phi) is 8.87. The molecule has 1 amide bonds. The first kappa shape index (κ1) is 34.3. The van der Waals surface area contributed by atoms with Crippen LogP contribution >= 0.6 is 0 Å². The van der Waals surface area contributed by atoms with Gasteiger partial charge in [0.1, 0.15) is 22.5 Å². The van der Waals surface area contributed by atoms with Gasteiger partial charge in [-0.05, 0) is 73.9 Å². The summed E-state index contributed by atoms with van der Waals surface area (Å²) in [4.78, 5) is 23.8. The number of amides is 1. The van der Waals surface area contributed by atoms with Crippen LogP contribution in [0.4, 0.5) is 10.5 Å². The highest BCUT2D eigenvalue weighted by Crippen LogP contribution is 2.43. The van der Waals surface area contributed by atoms with Gasteiger partial charge in [-0.2, -0.15) is 5.10 Å². The number of carbonyl (C=O) groups is 1. The predicted octanol–water partition coefficient (Wildman–Crippen LogP) is 10.1. The van der Waals surface area contributed by atoms with Crippen LogP contribution in [0.15, 0.2) is 170 Å². The maximum absolute atomic E-state index is 13.0. The SMILES string of the molecule is CN(C(=O)OC(C)(C)C)c1ccc(-c2nn(C(c3ccccc3)(c3ccccc3)c3ccccc3)cc2-c2ccc3ncc(-c4ccccn4)n3c2)cc1. The number of hydrogen-bond donors (Lipinski definition) is 0. The lowest BCUT2D eigenvalue weighted by Gasteiger charge is -2.36. The van der Waals surface area contributed by atoms with E-state index in [1.807, 2.05) is 93.7 Å². The highest BCUT2D eigenvalue weighted by atomic mass is 16.6. The third kappa shape index (κ3) is 6.32. The molecular formula is C46H40N6O2. The smallest absolute Gasteiger partial charge is 0.414 e. The molecule has 8 aromatic rings. The first-order valence-corrected chi connectivity index (χ1v) is 18.0. The third-order valence-corrected chi connectivity index (χ3v) is 9.57. The van der Waals surface area contributed by atoms with Gasteiger partial charge in [0.15, 0.2) is 0 Å². The maximum atomic E-state index is 13.0. The summed E-state index contributed by atoms with van der Waals surface area (Å²) in [6.45, 7) is 5.58. The van der Waals surface area contributed by atoms with Crippen molar-refractivity contribution in [1.82, 2.24) is 24.1 Å². The highest BCUT2D eigenvalue weighted by Gasteiger charge is 2.40. The molecule has 0 saturated carbocycles. The van der Waals surface area contributed by atoms with Gasteiger partial charge in [0.2, 0.25) is 0 Å². The van der Waals surface area contributed by atoms with Crippen LogP contribution in [0, 0.1) is 0 Å². The Bertz CT molecular complexity index is 2430. The molecule has 0 saturated heterocycles. The molecule has 0 aliphatic heterocycles. The molecule has 0 fully saturated rings. The maximum Gasteiger partial charge on any atom is 0.414 e. The number of rotatable bonds is 8. The second-order valence-electron chi connectivity index (χ2n) is 14.2. The molecule has 8 rings (SSSR count). The van der Waals surface area contributed by atoms with Crippen LogP contribution in [0.1, 0.15) is 37.5 Å². The quantitative estimate of drug-likeness (QED) is 0.147. The number of pyridine rings is 2. The molecule has 0 atom stereocenters. The van der Waals surface area contributed by atoms with Crippen LogP contribution in [0.3, 0.4) is 0 Å². The van der Waals surface area contributed by atoms with Gasteiger partial charge >= 0.3 is 6.09 Å². The number of imidazole rings is 1. The monoisotopic (exact) mass is 708 g/mol. The van der Waals surface area contributed by atoms with E-state index in [2.05, 4.69) is 105 Å². The van der Waals surface area contributed by atoms with Crippen LogP contribution < -0.4 is 4.90 Å². The summed E-state index contributed by atoms with van der Waals surface area (Å²) in [7, 11) is 1.72. The summed E-state index contributed by atoms with van der Waals surface area (Å²) in [6, 6.07) is 49.5. The fourth-order valence-electron chi connectivity index (χ4n) is 7.03. The van der Waals surface area contributed by atoms with Crippen LogP contribution in [-0.2, 0) is 10.3 Å². The molecule has 8 heteroatoms. The van der Waals surface area contributed by atoms with E-state index in [-0.39, 0.29) is 0 Å². The summed E-state index contributed by atoms with van der Waals surface area (Å²) in [5.41, 5.74) is 8.58. The number of hydrogen-bond acceptors (Lipinski definition) is 5. The molecule has 4 heterocycles. The first-order valence-electron chi connectivity index (χ1n) is 18.0. The molecule has 0 aliphatic carbocycles. The number of ether oxygens (including phenoxy) is 1. The van der Waals surface area contributed by atoms with Crippen molar-refractivity contribution in [3.63, 3.8) is 0 Å². The Balaban J connectivity index is 1.36. The van der Waals surface area contributed by atoms with E-state index in [0.717, 1.165) is 56.1 Å². The number of aromatic nitrogens is 5. The minimum Gasteiger partial charge on any atom is -0.443 e. The van der Waals surface area contributed by atoms with Crippen molar-refractivity contribution in [2.24, 2.45) is 0 Å². The van der Waals surface area contributed by atoms with E-state index < -0.39 is 17.2 Å². The predicted molar refractivity (Wildman–Crippen MR) is 214 cm³/mol. The van der Waals surface area contributed by atoms with E-state index in [1.54, 1.807) is 13.2 Å². The van der Waals surface area contributed by atoms with Crippen LogP contribution in [-0.4, -0.2) is 42.9 Å². The van der Waals surface area contributed by atoms with E-state index in [4.69, 9.17) is 14.8 Å². The topological polar surface area (TPSA) is 77.6 Å². The average molecular weight is 709 g/mol. The van der Waals surface area contributed by atoms with E-state index in [0.29, 0.717) is 5.69 Å². The van der Waals surface area contributed by atoms with Gasteiger partial charge in [0.05, 0.1) is 17.6 Å². The van der Waals surface area contributed by atoms with Crippen molar-refractivity contribution in [2.75, 3.05) is 11.9 Å². The molecular weight excluding hydrogens is 669 g/mol. The van der Waals surface area contributed by atoms with Crippen LogP contribution in [0.2, 0.25) is 0 Å². The largest absolute Gasteiger partial charge is 0.443 e. The second kappa shape index (κ2) is 14.0. The summed E-state index contributed by atoms with van der Waals surface area (Å²) < 4.78 is 9.83. The Morgan fingerprint density at radius 3 is 1.78 bits per heavy atom. The number of fused-ring (bicyclic) bond motifs is 1.